The molecule has 3 nitrogen and oxygen atoms in total. The smallest absolute Gasteiger partial charge is 0.101 e. The molecule has 1 N–H and O–H groups in total. The van der Waals surface area contributed by atoms with E-state index in [2.05, 4.69) is 18.3 Å². The van der Waals surface area contributed by atoms with Gasteiger partial charge in [0.05, 0.1) is 18.9 Å². The van der Waals surface area contributed by atoms with Gasteiger partial charge in [0.15, 0.2) is 0 Å². The lowest BCUT2D eigenvalue weighted by Gasteiger charge is -2.44. The van der Waals surface area contributed by atoms with Crippen LogP contribution in [0.1, 0.15) is 30.7 Å². The molecule has 17 heavy (non-hydrogen) atoms. The highest BCUT2D eigenvalue weighted by Crippen LogP contribution is 2.47. The standard InChI is InChI=1S/C13H19NO2S/c1-9-7-11(8-15-9)12-13(16-5-4-14-12)3-6-17-10(13)2/h7-8,10,12,14H,3-6H2,1-2H3. The van der Waals surface area contributed by atoms with Gasteiger partial charge < -0.3 is 14.5 Å². The maximum absolute atomic E-state index is 6.19. The van der Waals surface area contributed by atoms with E-state index in [-0.39, 0.29) is 11.6 Å². The van der Waals surface area contributed by atoms with Gasteiger partial charge in [-0.1, -0.05) is 6.92 Å². The average molecular weight is 253 g/mol. The SMILES string of the molecule is Cc1cc(C2NCCOC23CCSC3C)co1. The van der Waals surface area contributed by atoms with Crippen LogP contribution in [0.4, 0.5) is 0 Å². The zero-order valence-corrected chi connectivity index (χ0v) is 11.2. The van der Waals surface area contributed by atoms with E-state index >= 15 is 0 Å². The molecule has 0 amide bonds. The summed E-state index contributed by atoms with van der Waals surface area (Å²) in [6.07, 6.45) is 3.00. The van der Waals surface area contributed by atoms with E-state index in [1.165, 1.54) is 11.3 Å². The van der Waals surface area contributed by atoms with Gasteiger partial charge in [-0.2, -0.15) is 11.8 Å². The van der Waals surface area contributed by atoms with Crippen LogP contribution < -0.4 is 5.32 Å². The van der Waals surface area contributed by atoms with E-state index in [0.717, 1.165) is 25.3 Å². The number of furan rings is 1. The lowest BCUT2D eigenvalue weighted by Crippen LogP contribution is -2.55. The molecule has 4 heteroatoms. The number of rotatable bonds is 1. The van der Waals surface area contributed by atoms with Gasteiger partial charge in [-0.15, -0.1) is 0 Å². The van der Waals surface area contributed by atoms with E-state index in [9.17, 15) is 0 Å². The first-order valence-electron chi connectivity index (χ1n) is 6.26. The molecule has 94 valence electrons. The van der Waals surface area contributed by atoms with Crippen molar-refractivity contribution in [2.75, 3.05) is 18.9 Å². The predicted octanol–water partition coefficient (Wildman–Crippen LogP) is 2.51. The second kappa shape index (κ2) is 4.34. The Hall–Kier alpha value is -0.450. The van der Waals surface area contributed by atoms with Crippen molar-refractivity contribution in [3.05, 3.63) is 23.7 Å². The Morgan fingerprint density at radius 2 is 2.41 bits per heavy atom. The zero-order chi connectivity index (χ0) is 11.9. The fraction of sp³-hybridized carbons (Fsp3) is 0.692. The van der Waals surface area contributed by atoms with Crippen molar-refractivity contribution in [3.63, 3.8) is 0 Å². The van der Waals surface area contributed by atoms with Crippen LogP contribution in [0.25, 0.3) is 0 Å². The molecule has 0 radical (unpaired) electrons. The summed E-state index contributed by atoms with van der Waals surface area (Å²) in [5.41, 5.74) is 1.19. The van der Waals surface area contributed by atoms with Gasteiger partial charge in [0, 0.05) is 17.4 Å². The topological polar surface area (TPSA) is 34.4 Å². The molecule has 2 saturated heterocycles. The third-order valence-electron chi connectivity index (χ3n) is 3.94. The Labute approximate surface area is 106 Å². The summed E-state index contributed by atoms with van der Waals surface area (Å²) >= 11 is 2.01. The van der Waals surface area contributed by atoms with Crippen LogP contribution in [0.15, 0.2) is 16.7 Å². The molecule has 3 rings (SSSR count). The highest BCUT2D eigenvalue weighted by atomic mass is 32.2. The van der Waals surface area contributed by atoms with Gasteiger partial charge in [0.25, 0.3) is 0 Å². The van der Waals surface area contributed by atoms with Gasteiger partial charge in [-0.05, 0) is 25.2 Å². The van der Waals surface area contributed by atoms with E-state index in [1.54, 1.807) is 0 Å². The molecule has 3 unspecified atom stereocenters. The van der Waals surface area contributed by atoms with Gasteiger partial charge in [0.2, 0.25) is 0 Å². The molecule has 2 aliphatic heterocycles. The van der Waals surface area contributed by atoms with E-state index in [0.29, 0.717) is 5.25 Å². The number of hydrogen-bond acceptors (Lipinski definition) is 4. The van der Waals surface area contributed by atoms with Crippen molar-refractivity contribution in [1.29, 1.82) is 0 Å². The largest absolute Gasteiger partial charge is 0.469 e. The molecule has 3 atom stereocenters. The second-order valence-corrected chi connectivity index (χ2v) is 6.39. The molecule has 0 saturated carbocycles. The summed E-state index contributed by atoms with van der Waals surface area (Å²) < 4.78 is 11.6. The molecule has 0 aromatic carbocycles. The molecule has 2 aliphatic rings. The van der Waals surface area contributed by atoms with Crippen LogP contribution in [0.3, 0.4) is 0 Å². The minimum atomic E-state index is -0.0424. The molecule has 1 spiro atoms. The summed E-state index contributed by atoms with van der Waals surface area (Å²) in [6.45, 7) is 6.02. The first-order chi connectivity index (χ1) is 8.22. The van der Waals surface area contributed by atoms with Crippen LogP contribution in [0.5, 0.6) is 0 Å². The summed E-state index contributed by atoms with van der Waals surface area (Å²) in [7, 11) is 0. The Balaban J connectivity index is 1.95. The summed E-state index contributed by atoms with van der Waals surface area (Å²) in [5.74, 6) is 2.16. The van der Waals surface area contributed by atoms with Gasteiger partial charge in [0.1, 0.15) is 11.4 Å². The number of thioether (sulfide) groups is 1. The molecular weight excluding hydrogens is 234 g/mol. The van der Waals surface area contributed by atoms with Crippen molar-refractivity contribution in [2.24, 2.45) is 0 Å². The highest BCUT2D eigenvalue weighted by molar-refractivity contribution is 8.00. The quantitative estimate of drug-likeness (QED) is 0.834. The fourth-order valence-corrected chi connectivity index (χ4v) is 4.42. The minimum absolute atomic E-state index is 0.0424. The monoisotopic (exact) mass is 253 g/mol. The third kappa shape index (κ3) is 1.83. The minimum Gasteiger partial charge on any atom is -0.469 e. The Morgan fingerprint density at radius 1 is 1.53 bits per heavy atom. The third-order valence-corrected chi connectivity index (χ3v) is 5.28. The number of ether oxygens (including phenoxy) is 1. The summed E-state index contributed by atoms with van der Waals surface area (Å²) in [5, 5.41) is 4.15. The molecule has 1 aromatic heterocycles. The summed E-state index contributed by atoms with van der Waals surface area (Å²) in [6, 6.07) is 2.41. The van der Waals surface area contributed by atoms with Gasteiger partial charge in [-0.3, -0.25) is 0 Å². The van der Waals surface area contributed by atoms with Crippen molar-refractivity contribution < 1.29 is 9.15 Å². The van der Waals surface area contributed by atoms with Crippen LogP contribution in [0.2, 0.25) is 0 Å². The molecule has 2 fully saturated rings. The molecule has 3 heterocycles. The van der Waals surface area contributed by atoms with Crippen molar-refractivity contribution >= 4 is 11.8 Å². The van der Waals surface area contributed by atoms with Crippen molar-refractivity contribution in [3.8, 4) is 0 Å². The zero-order valence-electron chi connectivity index (χ0n) is 10.4. The number of hydrogen-bond donors (Lipinski definition) is 1. The van der Waals surface area contributed by atoms with Crippen molar-refractivity contribution in [2.45, 2.75) is 37.2 Å². The molecular formula is C13H19NO2S. The molecule has 1 aromatic rings. The average Bonchev–Trinajstić information content (AvgIpc) is 2.89. The normalized spacial score (nSPS) is 37.8. The lowest BCUT2D eigenvalue weighted by atomic mass is 9.83. The Kier molecular flexibility index (Phi) is 2.97. The number of nitrogens with one attached hydrogen (secondary N) is 1. The van der Waals surface area contributed by atoms with E-state index in [1.807, 2.05) is 24.9 Å². The van der Waals surface area contributed by atoms with Crippen molar-refractivity contribution in [1.82, 2.24) is 5.32 Å². The Bertz CT molecular complexity index is 406. The van der Waals surface area contributed by atoms with Gasteiger partial charge in [-0.25, -0.2) is 0 Å². The van der Waals surface area contributed by atoms with Gasteiger partial charge >= 0.3 is 0 Å². The van der Waals surface area contributed by atoms with E-state index < -0.39 is 0 Å². The highest BCUT2D eigenvalue weighted by Gasteiger charge is 2.50. The van der Waals surface area contributed by atoms with Crippen LogP contribution in [-0.2, 0) is 4.74 Å². The van der Waals surface area contributed by atoms with Crippen LogP contribution in [-0.4, -0.2) is 29.8 Å². The fourth-order valence-electron chi connectivity index (χ4n) is 3.02. The number of aryl methyl sites for hydroxylation is 1. The second-order valence-electron chi connectivity index (χ2n) is 4.94. The number of morpholine rings is 1. The lowest BCUT2D eigenvalue weighted by molar-refractivity contribution is -0.0941. The van der Waals surface area contributed by atoms with E-state index in [4.69, 9.17) is 9.15 Å². The first-order valence-corrected chi connectivity index (χ1v) is 7.31. The predicted molar refractivity (Wildman–Crippen MR) is 69.4 cm³/mol. The molecule has 0 aliphatic carbocycles. The summed E-state index contributed by atoms with van der Waals surface area (Å²) in [4.78, 5) is 0. The Morgan fingerprint density at radius 3 is 3.06 bits per heavy atom. The maximum Gasteiger partial charge on any atom is 0.101 e. The molecule has 0 bridgehead atoms. The van der Waals surface area contributed by atoms with Crippen LogP contribution >= 0.6 is 11.8 Å². The van der Waals surface area contributed by atoms with Crippen LogP contribution in [0, 0.1) is 6.92 Å². The maximum atomic E-state index is 6.19. The first kappa shape index (κ1) is 11.6.